The molecule has 19 heavy (non-hydrogen) atoms. The van der Waals surface area contributed by atoms with Crippen LogP contribution in [0.3, 0.4) is 0 Å². The maximum atomic E-state index is 11.5. The van der Waals surface area contributed by atoms with Crippen molar-refractivity contribution in [2.75, 3.05) is 6.61 Å². The number of aliphatic hydroxyl groups excluding tert-OH is 2. The summed E-state index contributed by atoms with van der Waals surface area (Å²) in [6.07, 6.45) is -2.30. The van der Waals surface area contributed by atoms with Crippen molar-refractivity contribution in [2.24, 2.45) is 0 Å². The maximum absolute atomic E-state index is 11.5. The summed E-state index contributed by atoms with van der Waals surface area (Å²) in [5, 5.41) is 28.6. The van der Waals surface area contributed by atoms with Crippen LogP contribution >= 0.6 is 0 Å². The van der Waals surface area contributed by atoms with Gasteiger partial charge in [-0.15, -0.1) is 0 Å². The third-order valence-electron chi connectivity index (χ3n) is 2.90. The molecule has 0 aliphatic heterocycles. The molecule has 0 saturated heterocycles. The summed E-state index contributed by atoms with van der Waals surface area (Å²) in [6, 6.07) is 8.04. The van der Waals surface area contributed by atoms with E-state index in [1.807, 2.05) is 6.07 Å². The summed E-state index contributed by atoms with van der Waals surface area (Å²) in [5.41, 5.74) is -0.0379. The van der Waals surface area contributed by atoms with E-state index in [0.717, 1.165) is 0 Å². The van der Waals surface area contributed by atoms with Gasteiger partial charge in [-0.05, 0) is 26.3 Å². The van der Waals surface area contributed by atoms with Crippen molar-refractivity contribution in [3.05, 3.63) is 35.9 Å². The van der Waals surface area contributed by atoms with Gasteiger partial charge in [0.05, 0.1) is 12.6 Å². The number of aliphatic hydroxyl groups is 2. The second-order valence-electron chi connectivity index (χ2n) is 5.43. The monoisotopic (exact) mass is 267 g/mol. The van der Waals surface area contributed by atoms with Gasteiger partial charge in [0, 0.05) is 5.54 Å². The fourth-order valence-corrected chi connectivity index (χ4v) is 2.12. The van der Waals surface area contributed by atoms with Crippen LogP contribution in [0.2, 0.25) is 0 Å². The lowest BCUT2D eigenvalue weighted by Gasteiger charge is -2.41. The van der Waals surface area contributed by atoms with E-state index in [-0.39, 0.29) is 0 Å². The van der Waals surface area contributed by atoms with Gasteiger partial charge in [-0.25, -0.2) is 4.79 Å². The minimum Gasteiger partial charge on any atom is -0.465 e. The third kappa shape index (κ3) is 3.68. The fraction of sp³-hybridized carbons (Fsp3) is 0.500. The zero-order valence-corrected chi connectivity index (χ0v) is 11.4. The highest BCUT2D eigenvalue weighted by Gasteiger charge is 2.37. The summed E-state index contributed by atoms with van der Waals surface area (Å²) in [4.78, 5) is 12.7. The Bertz CT molecular complexity index is 413. The predicted octanol–water partition coefficient (Wildman–Crippen LogP) is 1.86. The second-order valence-corrected chi connectivity index (χ2v) is 5.43. The van der Waals surface area contributed by atoms with Gasteiger partial charge in [-0.2, -0.15) is 0 Å². The average Bonchev–Trinajstić information content (AvgIpc) is 2.33. The van der Waals surface area contributed by atoms with Gasteiger partial charge >= 0.3 is 6.09 Å². The molecule has 1 rings (SSSR count). The highest BCUT2D eigenvalue weighted by molar-refractivity contribution is 5.67. The molecule has 0 unspecified atom stereocenters. The highest BCUT2D eigenvalue weighted by Crippen LogP contribution is 2.31. The number of amides is 1. The minimum absolute atomic E-state index is 0.501. The fourth-order valence-electron chi connectivity index (χ4n) is 2.12. The van der Waals surface area contributed by atoms with E-state index in [4.69, 9.17) is 0 Å². The lowest BCUT2D eigenvalue weighted by molar-refractivity contribution is -0.0169. The summed E-state index contributed by atoms with van der Waals surface area (Å²) in [7, 11) is 0. The smallest absolute Gasteiger partial charge is 0.408 e. The number of nitrogens with zero attached hydrogens (tertiary/aromatic N) is 1. The molecule has 1 amide bonds. The molecule has 1 aromatic carbocycles. The van der Waals surface area contributed by atoms with E-state index in [0.29, 0.717) is 5.56 Å². The molecule has 0 aliphatic carbocycles. The van der Waals surface area contributed by atoms with Crippen molar-refractivity contribution in [3.63, 3.8) is 0 Å². The number of hydrogen-bond donors (Lipinski definition) is 3. The van der Waals surface area contributed by atoms with Crippen LogP contribution in [0, 0.1) is 0 Å². The Kier molecular flexibility index (Phi) is 4.91. The van der Waals surface area contributed by atoms with Gasteiger partial charge in [0.2, 0.25) is 0 Å². The summed E-state index contributed by atoms with van der Waals surface area (Å²) in [5.74, 6) is 0. The van der Waals surface area contributed by atoms with Gasteiger partial charge in [-0.1, -0.05) is 30.3 Å². The highest BCUT2D eigenvalue weighted by atomic mass is 16.4. The number of rotatable bonds is 4. The average molecular weight is 267 g/mol. The van der Waals surface area contributed by atoms with Crippen LogP contribution in [0.1, 0.15) is 32.4 Å². The number of benzene rings is 1. The largest absolute Gasteiger partial charge is 0.465 e. The molecular weight excluding hydrogens is 246 g/mol. The van der Waals surface area contributed by atoms with Crippen LogP contribution in [0.5, 0.6) is 0 Å². The van der Waals surface area contributed by atoms with Crippen molar-refractivity contribution in [2.45, 2.75) is 38.5 Å². The predicted molar refractivity (Wildman–Crippen MR) is 71.9 cm³/mol. The first-order valence-corrected chi connectivity index (χ1v) is 6.15. The van der Waals surface area contributed by atoms with Crippen LogP contribution in [0.4, 0.5) is 4.79 Å². The molecule has 5 heteroatoms. The molecule has 0 spiro atoms. The van der Waals surface area contributed by atoms with Crippen LogP contribution in [0.25, 0.3) is 0 Å². The van der Waals surface area contributed by atoms with Crippen molar-refractivity contribution in [1.82, 2.24) is 4.90 Å². The molecule has 1 aromatic rings. The summed E-state index contributed by atoms with van der Waals surface area (Å²) in [6.45, 7) is 4.75. The number of hydrogen-bond acceptors (Lipinski definition) is 3. The third-order valence-corrected chi connectivity index (χ3v) is 2.90. The number of carbonyl (C=O) groups is 1. The van der Waals surface area contributed by atoms with Crippen LogP contribution in [-0.2, 0) is 0 Å². The first-order valence-electron chi connectivity index (χ1n) is 6.15. The molecule has 2 atom stereocenters. The van der Waals surface area contributed by atoms with E-state index in [2.05, 4.69) is 0 Å². The van der Waals surface area contributed by atoms with Crippen molar-refractivity contribution in [3.8, 4) is 0 Å². The quantitative estimate of drug-likeness (QED) is 0.777. The van der Waals surface area contributed by atoms with Gasteiger partial charge < -0.3 is 15.3 Å². The van der Waals surface area contributed by atoms with Crippen LogP contribution in [0.15, 0.2) is 30.3 Å². The van der Waals surface area contributed by atoms with Gasteiger partial charge in [0.15, 0.2) is 0 Å². The SMILES string of the molecule is CC(C)(C)N(C(=O)O)[C@H](c1ccccc1)[C@@H](O)CO. The Balaban J connectivity index is 3.27. The first-order chi connectivity index (χ1) is 8.79. The first kappa shape index (κ1) is 15.5. The lowest BCUT2D eigenvalue weighted by atomic mass is 9.95. The number of carboxylic acid groups (broad SMARTS) is 1. The molecular formula is C14H21NO4. The molecule has 0 fully saturated rings. The normalized spacial score (nSPS) is 14.8. The lowest BCUT2D eigenvalue weighted by Crippen LogP contribution is -2.51. The standard InChI is InChI=1S/C14H21NO4/c1-14(2,3)15(13(18)19)12(11(17)9-16)10-7-5-4-6-8-10/h4-8,11-12,16-17H,9H2,1-3H3,(H,18,19)/t11-,12+/m0/s1. The molecule has 0 heterocycles. The Hall–Kier alpha value is -1.59. The molecule has 0 aliphatic rings. The Labute approximate surface area is 113 Å². The summed E-state index contributed by atoms with van der Waals surface area (Å²) >= 11 is 0. The molecule has 0 radical (unpaired) electrons. The molecule has 0 bridgehead atoms. The van der Waals surface area contributed by atoms with Crippen LogP contribution < -0.4 is 0 Å². The Morgan fingerprint density at radius 1 is 1.26 bits per heavy atom. The van der Waals surface area contributed by atoms with E-state index in [1.54, 1.807) is 45.0 Å². The molecule has 3 N–H and O–H groups in total. The molecule has 5 nitrogen and oxygen atoms in total. The van der Waals surface area contributed by atoms with Crippen molar-refractivity contribution < 1.29 is 20.1 Å². The zero-order valence-electron chi connectivity index (χ0n) is 11.4. The Morgan fingerprint density at radius 2 is 1.79 bits per heavy atom. The van der Waals surface area contributed by atoms with Gasteiger partial charge in [0.25, 0.3) is 0 Å². The second kappa shape index (κ2) is 6.04. The maximum Gasteiger partial charge on any atom is 0.408 e. The molecule has 106 valence electrons. The van der Waals surface area contributed by atoms with Crippen LogP contribution in [-0.4, -0.2) is 44.6 Å². The zero-order chi connectivity index (χ0) is 14.6. The van der Waals surface area contributed by atoms with Crippen molar-refractivity contribution in [1.29, 1.82) is 0 Å². The molecule has 0 saturated carbocycles. The van der Waals surface area contributed by atoms with E-state index < -0.39 is 30.4 Å². The molecule has 0 aromatic heterocycles. The van der Waals surface area contributed by atoms with Gasteiger partial charge in [-0.3, -0.25) is 4.90 Å². The minimum atomic E-state index is -1.17. The Morgan fingerprint density at radius 3 is 2.16 bits per heavy atom. The summed E-state index contributed by atoms with van der Waals surface area (Å²) < 4.78 is 0. The van der Waals surface area contributed by atoms with E-state index in [9.17, 15) is 20.1 Å². The van der Waals surface area contributed by atoms with Gasteiger partial charge in [0.1, 0.15) is 6.10 Å². The topological polar surface area (TPSA) is 81.0 Å². The van der Waals surface area contributed by atoms with E-state index in [1.165, 1.54) is 4.90 Å². The van der Waals surface area contributed by atoms with Crippen molar-refractivity contribution >= 4 is 6.09 Å². The van der Waals surface area contributed by atoms with E-state index >= 15 is 0 Å².